The zero-order valence-electron chi connectivity index (χ0n) is 8.64. The third-order valence-corrected chi connectivity index (χ3v) is 2.41. The fraction of sp³-hybridized carbons (Fsp3) is 0.875. The monoisotopic (exact) mass is 200 g/mol. The molecule has 0 aliphatic carbocycles. The van der Waals surface area contributed by atoms with Crippen molar-refractivity contribution in [2.24, 2.45) is 5.73 Å². The molecule has 14 heavy (non-hydrogen) atoms. The molecule has 80 valence electrons. The largest absolute Gasteiger partial charge is 0.465 e. The Kier molecular flexibility index (Phi) is 3.91. The van der Waals surface area contributed by atoms with Gasteiger partial charge in [-0.15, -0.1) is 0 Å². The maximum Gasteiger partial charge on any atom is 0.377 e. The molecule has 0 spiro atoms. The van der Waals surface area contributed by atoms with E-state index in [1.165, 1.54) is 0 Å². The van der Waals surface area contributed by atoms with E-state index in [-0.39, 0.29) is 18.1 Å². The topological polar surface area (TPSA) is 75.8 Å². The lowest BCUT2D eigenvalue weighted by Gasteiger charge is -2.22. The van der Waals surface area contributed by atoms with Crippen molar-refractivity contribution in [2.75, 3.05) is 13.2 Å². The number of rotatable bonds is 3. The summed E-state index contributed by atoms with van der Waals surface area (Å²) >= 11 is 0. The Morgan fingerprint density at radius 1 is 1.79 bits per heavy atom. The minimum atomic E-state index is -0.655. The van der Waals surface area contributed by atoms with Gasteiger partial charge in [-0.05, 0) is 20.2 Å². The van der Waals surface area contributed by atoms with E-state index in [0.29, 0.717) is 19.6 Å². The second-order valence-electron chi connectivity index (χ2n) is 3.59. The average Bonchev–Trinajstić information content (AvgIpc) is 2.48. The van der Waals surface area contributed by atoms with Crippen LogP contribution in [0.4, 0.5) is 0 Å². The summed E-state index contributed by atoms with van der Waals surface area (Å²) in [5.41, 5.74) is 5.73. The van der Waals surface area contributed by atoms with Crippen molar-refractivity contribution >= 4 is 13.0 Å². The van der Waals surface area contributed by atoms with E-state index in [0.717, 1.165) is 0 Å². The molecule has 0 saturated carbocycles. The van der Waals surface area contributed by atoms with E-state index in [9.17, 15) is 9.82 Å². The van der Waals surface area contributed by atoms with Crippen molar-refractivity contribution in [1.29, 1.82) is 0 Å². The van der Waals surface area contributed by atoms with E-state index in [2.05, 4.69) is 0 Å². The molecule has 1 heterocycles. The van der Waals surface area contributed by atoms with Crippen LogP contribution in [0, 0.1) is 0 Å². The van der Waals surface area contributed by atoms with Gasteiger partial charge >= 0.3 is 13.0 Å². The van der Waals surface area contributed by atoms with E-state index in [4.69, 9.17) is 10.5 Å². The first-order valence-electron chi connectivity index (χ1n) is 4.92. The van der Waals surface area contributed by atoms with Crippen LogP contribution in [0.2, 0.25) is 6.82 Å². The number of hydrogen-bond acceptors (Lipinski definition) is 5. The van der Waals surface area contributed by atoms with Crippen LogP contribution in [-0.2, 0) is 9.53 Å². The first-order chi connectivity index (χ1) is 6.56. The molecule has 0 unspecified atom stereocenters. The average molecular weight is 200 g/mol. The molecule has 0 aromatic rings. The third kappa shape index (κ3) is 2.46. The first kappa shape index (κ1) is 11.5. The van der Waals surface area contributed by atoms with Crippen molar-refractivity contribution in [3.05, 3.63) is 0 Å². The summed E-state index contributed by atoms with van der Waals surface area (Å²) in [5, 5.41) is 9.42. The van der Waals surface area contributed by atoms with Crippen LogP contribution in [-0.4, -0.2) is 48.1 Å². The molecule has 0 aromatic heterocycles. The van der Waals surface area contributed by atoms with Crippen molar-refractivity contribution in [3.63, 3.8) is 0 Å². The molecule has 1 rings (SSSR count). The van der Waals surface area contributed by atoms with Crippen LogP contribution in [0.15, 0.2) is 0 Å². The molecule has 0 bridgehead atoms. The molecule has 3 N–H and O–H groups in total. The van der Waals surface area contributed by atoms with Crippen LogP contribution < -0.4 is 5.73 Å². The van der Waals surface area contributed by atoms with Crippen LogP contribution in [0.25, 0.3) is 0 Å². The number of carbonyl (C=O) groups excluding carboxylic acids is 1. The summed E-state index contributed by atoms with van der Waals surface area (Å²) in [7, 11) is -0.655. The highest BCUT2D eigenvalue weighted by Crippen LogP contribution is 2.18. The van der Waals surface area contributed by atoms with Gasteiger partial charge in [-0.25, -0.2) is 0 Å². The number of hydrogen-bond donors (Lipinski definition) is 2. The summed E-state index contributed by atoms with van der Waals surface area (Å²) in [6, 6.07) is -0.441. The summed E-state index contributed by atoms with van der Waals surface area (Å²) in [4.78, 5) is 13.1. The normalized spacial score (nSPS) is 27.7. The molecular formula is C8H17BN2O3. The van der Waals surface area contributed by atoms with Crippen molar-refractivity contribution in [2.45, 2.75) is 32.3 Å². The first-order valence-corrected chi connectivity index (χ1v) is 4.92. The zero-order chi connectivity index (χ0) is 10.7. The third-order valence-electron chi connectivity index (χ3n) is 2.41. The van der Waals surface area contributed by atoms with Gasteiger partial charge in [-0.1, -0.05) is 0 Å². The molecular weight excluding hydrogens is 183 g/mol. The Morgan fingerprint density at radius 3 is 2.93 bits per heavy atom. The van der Waals surface area contributed by atoms with Gasteiger partial charge in [0.25, 0.3) is 0 Å². The number of ether oxygens (including phenoxy) is 1. The van der Waals surface area contributed by atoms with Gasteiger partial charge in [-0.2, -0.15) is 0 Å². The number of esters is 1. The van der Waals surface area contributed by atoms with Crippen LogP contribution in [0.5, 0.6) is 0 Å². The molecule has 1 aliphatic heterocycles. The molecule has 6 heteroatoms. The van der Waals surface area contributed by atoms with Crippen molar-refractivity contribution < 1.29 is 14.6 Å². The lowest BCUT2D eigenvalue weighted by Crippen LogP contribution is -2.45. The smallest absolute Gasteiger partial charge is 0.377 e. The fourth-order valence-electron chi connectivity index (χ4n) is 1.78. The highest BCUT2D eigenvalue weighted by Gasteiger charge is 2.39. The fourth-order valence-corrected chi connectivity index (χ4v) is 1.78. The van der Waals surface area contributed by atoms with E-state index < -0.39 is 7.05 Å². The van der Waals surface area contributed by atoms with Crippen LogP contribution in [0.1, 0.15) is 13.3 Å². The van der Waals surface area contributed by atoms with Gasteiger partial charge in [0.15, 0.2) is 0 Å². The summed E-state index contributed by atoms with van der Waals surface area (Å²) in [5.74, 6) is -0.290. The number of nitrogens with two attached hydrogens (primary N) is 1. The quantitative estimate of drug-likeness (QED) is 0.454. The standard InChI is InChI=1S/C8H17BN2O3/c1-3-14-8(12)7-4-6(10)5-11(7)9(2)13/h6-7,13H,3-5,10H2,1-2H3/t6-,7-/m1/s1. The molecule has 1 saturated heterocycles. The predicted molar refractivity (Wildman–Crippen MR) is 53.6 cm³/mol. The maximum atomic E-state index is 11.5. The van der Waals surface area contributed by atoms with Gasteiger partial charge in [0.1, 0.15) is 6.04 Å². The van der Waals surface area contributed by atoms with Gasteiger partial charge in [0, 0.05) is 12.6 Å². The van der Waals surface area contributed by atoms with E-state index in [1.807, 2.05) is 0 Å². The molecule has 5 nitrogen and oxygen atoms in total. The Hall–Kier alpha value is -0.585. The summed E-state index contributed by atoms with van der Waals surface area (Å²) in [6.07, 6.45) is 0.559. The maximum absolute atomic E-state index is 11.5. The second-order valence-corrected chi connectivity index (χ2v) is 3.59. The van der Waals surface area contributed by atoms with Gasteiger partial charge < -0.3 is 20.3 Å². The Bertz CT molecular complexity index is 213. The van der Waals surface area contributed by atoms with E-state index in [1.54, 1.807) is 18.6 Å². The highest BCUT2D eigenvalue weighted by atomic mass is 16.5. The van der Waals surface area contributed by atoms with Gasteiger partial charge in [-0.3, -0.25) is 4.79 Å². The minimum absolute atomic E-state index is 0.0565. The second kappa shape index (κ2) is 4.77. The Morgan fingerprint density at radius 2 is 2.43 bits per heavy atom. The molecule has 2 atom stereocenters. The van der Waals surface area contributed by atoms with Gasteiger partial charge in [0.05, 0.1) is 6.61 Å². The van der Waals surface area contributed by atoms with Crippen molar-refractivity contribution in [3.8, 4) is 0 Å². The lowest BCUT2D eigenvalue weighted by atomic mass is 9.84. The zero-order valence-corrected chi connectivity index (χ0v) is 8.64. The van der Waals surface area contributed by atoms with Crippen molar-refractivity contribution in [1.82, 2.24) is 4.81 Å². The number of nitrogens with zero attached hydrogens (tertiary/aromatic N) is 1. The summed E-state index contributed by atoms with van der Waals surface area (Å²) < 4.78 is 4.91. The number of carbonyl (C=O) groups is 1. The van der Waals surface area contributed by atoms with Gasteiger partial charge in [0.2, 0.25) is 0 Å². The molecule has 0 amide bonds. The molecule has 0 aromatic carbocycles. The summed E-state index contributed by atoms with van der Waals surface area (Å²) in [6.45, 7) is 4.29. The predicted octanol–water partition coefficient (Wildman–Crippen LogP) is -0.939. The molecule has 1 fully saturated rings. The minimum Gasteiger partial charge on any atom is -0.465 e. The Balaban J connectivity index is 2.61. The Labute approximate surface area is 84.3 Å². The lowest BCUT2D eigenvalue weighted by molar-refractivity contribution is -0.147. The molecule has 0 radical (unpaired) electrons. The highest BCUT2D eigenvalue weighted by molar-refractivity contribution is 6.45. The van der Waals surface area contributed by atoms with Crippen LogP contribution in [0.3, 0.4) is 0 Å². The molecule has 1 aliphatic rings. The SMILES string of the molecule is CCOC(=O)[C@H]1C[C@@H](N)CN1B(C)O. The van der Waals surface area contributed by atoms with Crippen LogP contribution >= 0.6 is 0 Å². The van der Waals surface area contributed by atoms with E-state index >= 15 is 0 Å².